The zero-order valence-electron chi connectivity index (χ0n) is 12.3. The van der Waals surface area contributed by atoms with E-state index in [2.05, 4.69) is 14.6 Å². The molecule has 108 valence electrons. The van der Waals surface area contributed by atoms with Gasteiger partial charge in [0.05, 0.1) is 0 Å². The van der Waals surface area contributed by atoms with Crippen LogP contribution in [-0.4, -0.2) is 45.1 Å². The summed E-state index contributed by atoms with van der Waals surface area (Å²) in [7, 11) is 13.8. The highest BCUT2D eigenvalue weighted by Gasteiger charge is 2.17. The Kier molecular flexibility index (Phi) is 5.21. The summed E-state index contributed by atoms with van der Waals surface area (Å²) in [6.45, 7) is 3.21. The number of nitrogens with one attached hydrogen (secondary N) is 1. The van der Waals surface area contributed by atoms with Gasteiger partial charge in [0, 0.05) is 29.5 Å². The van der Waals surface area contributed by atoms with E-state index in [-0.39, 0.29) is 6.03 Å². The first kappa shape index (κ1) is 16.2. The summed E-state index contributed by atoms with van der Waals surface area (Å²) < 4.78 is 5.42. The van der Waals surface area contributed by atoms with E-state index in [0.717, 1.165) is 36.9 Å². The second kappa shape index (κ2) is 6.74. The standard InChI is InChI=1S/C14H19B2N2O2P/c1-14(15,16)20-11-6-5-10(9-12(11)21)17-13(19)18-7-3-2-4-8-18/h5-6,9H,2-4,7-8,21H2,1H3,(H,17,19). The molecule has 1 aromatic rings. The van der Waals surface area contributed by atoms with Crippen LogP contribution in [0.25, 0.3) is 0 Å². The van der Waals surface area contributed by atoms with E-state index in [1.54, 1.807) is 19.1 Å². The summed E-state index contributed by atoms with van der Waals surface area (Å²) in [6, 6.07) is 5.27. The van der Waals surface area contributed by atoms with E-state index < -0.39 is 5.40 Å². The van der Waals surface area contributed by atoms with Crippen LogP contribution in [0, 0.1) is 0 Å². The molecule has 2 rings (SSSR count). The maximum absolute atomic E-state index is 12.1. The summed E-state index contributed by atoms with van der Waals surface area (Å²) in [5.74, 6) is 0.573. The maximum Gasteiger partial charge on any atom is 0.321 e. The van der Waals surface area contributed by atoms with E-state index in [1.807, 2.05) is 11.0 Å². The summed E-state index contributed by atoms with van der Waals surface area (Å²) in [5, 5.41) is 2.45. The molecule has 4 radical (unpaired) electrons. The lowest BCUT2D eigenvalue weighted by Crippen LogP contribution is -2.38. The van der Waals surface area contributed by atoms with Crippen molar-refractivity contribution in [1.29, 1.82) is 0 Å². The molecule has 1 heterocycles. The Labute approximate surface area is 131 Å². The van der Waals surface area contributed by atoms with Crippen molar-refractivity contribution in [3.8, 4) is 5.75 Å². The number of carbonyl (C=O) groups excluding carboxylic acids is 1. The SMILES string of the molecule is [B]C([B])(C)Oc1ccc(NC(=O)N2CCCCC2)cc1P. The fraction of sp³-hybridized carbons (Fsp3) is 0.500. The van der Waals surface area contributed by atoms with Crippen molar-refractivity contribution >= 4 is 42.0 Å². The number of carbonyl (C=O) groups is 1. The van der Waals surface area contributed by atoms with Gasteiger partial charge in [-0.15, -0.1) is 9.24 Å². The first-order chi connectivity index (χ1) is 9.85. The van der Waals surface area contributed by atoms with Crippen LogP contribution >= 0.6 is 9.24 Å². The second-order valence-electron chi connectivity index (χ2n) is 5.52. The van der Waals surface area contributed by atoms with E-state index >= 15 is 0 Å². The van der Waals surface area contributed by atoms with Gasteiger partial charge < -0.3 is 15.0 Å². The van der Waals surface area contributed by atoms with Gasteiger partial charge in [-0.05, 0) is 44.4 Å². The van der Waals surface area contributed by atoms with Gasteiger partial charge in [0.2, 0.25) is 0 Å². The maximum atomic E-state index is 12.1. The Morgan fingerprint density at radius 2 is 2.00 bits per heavy atom. The van der Waals surface area contributed by atoms with Crippen molar-refractivity contribution < 1.29 is 9.53 Å². The highest BCUT2D eigenvalue weighted by Crippen LogP contribution is 2.20. The average molecular weight is 300 g/mol. The van der Waals surface area contributed by atoms with Gasteiger partial charge in [-0.25, -0.2) is 4.79 Å². The predicted octanol–water partition coefficient (Wildman–Crippen LogP) is 1.59. The van der Waals surface area contributed by atoms with Crippen LogP contribution in [0.4, 0.5) is 10.5 Å². The quantitative estimate of drug-likeness (QED) is 0.680. The van der Waals surface area contributed by atoms with Crippen LogP contribution in [-0.2, 0) is 0 Å². The van der Waals surface area contributed by atoms with Crippen molar-refractivity contribution in [2.75, 3.05) is 18.4 Å². The molecular formula is C14H19B2N2O2P. The molecule has 0 aromatic heterocycles. The smallest absolute Gasteiger partial charge is 0.321 e. The number of likely N-dealkylation sites (tertiary alicyclic amines) is 1. The van der Waals surface area contributed by atoms with E-state index in [0.29, 0.717) is 5.75 Å². The zero-order valence-corrected chi connectivity index (χ0v) is 13.4. The van der Waals surface area contributed by atoms with Gasteiger partial charge in [-0.2, -0.15) is 0 Å². The van der Waals surface area contributed by atoms with E-state index in [9.17, 15) is 4.79 Å². The normalized spacial score (nSPS) is 15.6. The molecule has 4 nitrogen and oxygen atoms in total. The third kappa shape index (κ3) is 4.96. The minimum atomic E-state index is -1.23. The Bertz CT molecular complexity index is 514. The summed E-state index contributed by atoms with van der Waals surface area (Å²) >= 11 is 0. The van der Waals surface area contributed by atoms with Gasteiger partial charge in [0.1, 0.15) is 21.4 Å². The molecule has 21 heavy (non-hydrogen) atoms. The second-order valence-corrected chi connectivity index (χ2v) is 6.14. The fourth-order valence-electron chi connectivity index (χ4n) is 2.26. The van der Waals surface area contributed by atoms with Crippen LogP contribution in [0.2, 0.25) is 0 Å². The van der Waals surface area contributed by atoms with E-state index in [1.165, 1.54) is 6.42 Å². The first-order valence-corrected chi connectivity index (χ1v) is 7.65. The number of benzene rings is 1. The van der Waals surface area contributed by atoms with Crippen LogP contribution in [0.1, 0.15) is 26.2 Å². The molecule has 0 aliphatic carbocycles. The monoisotopic (exact) mass is 300 g/mol. The molecule has 1 saturated heterocycles. The number of hydrogen-bond acceptors (Lipinski definition) is 2. The predicted molar refractivity (Wildman–Crippen MR) is 90.8 cm³/mol. The van der Waals surface area contributed by atoms with Crippen LogP contribution in [0.3, 0.4) is 0 Å². The number of hydrogen-bond donors (Lipinski definition) is 1. The minimum absolute atomic E-state index is 0.0599. The third-order valence-electron chi connectivity index (χ3n) is 3.23. The average Bonchev–Trinajstić information content (AvgIpc) is 2.41. The number of ether oxygens (including phenoxy) is 1. The number of urea groups is 1. The van der Waals surface area contributed by atoms with Gasteiger partial charge >= 0.3 is 6.03 Å². The highest BCUT2D eigenvalue weighted by atomic mass is 31.0. The van der Waals surface area contributed by atoms with Gasteiger partial charge in [0.25, 0.3) is 0 Å². The summed E-state index contributed by atoms with van der Waals surface area (Å²) in [4.78, 5) is 14.0. The molecule has 1 unspecified atom stereocenters. The molecule has 0 bridgehead atoms. The van der Waals surface area contributed by atoms with Crippen LogP contribution in [0.5, 0.6) is 5.75 Å². The molecule has 1 aromatic carbocycles. The molecule has 0 spiro atoms. The molecule has 1 aliphatic rings. The Morgan fingerprint density at radius 3 is 2.57 bits per heavy atom. The lowest BCUT2D eigenvalue weighted by molar-refractivity contribution is 0.200. The molecule has 1 atom stereocenters. The molecule has 0 saturated carbocycles. The summed E-state index contributed by atoms with van der Waals surface area (Å²) in [6.07, 6.45) is 3.34. The molecule has 1 fully saturated rings. The third-order valence-corrected chi connectivity index (χ3v) is 3.69. The van der Waals surface area contributed by atoms with E-state index in [4.69, 9.17) is 20.4 Å². The zero-order chi connectivity index (χ0) is 15.5. The van der Waals surface area contributed by atoms with Crippen molar-refractivity contribution in [2.45, 2.75) is 31.6 Å². The number of rotatable bonds is 3. The lowest BCUT2D eigenvalue weighted by atomic mass is 9.67. The minimum Gasteiger partial charge on any atom is -0.507 e. The van der Waals surface area contributed by atoms with Crippen molar-refractivity contribution in [2.24, 2.45) is 0 Å². The molecule has 1 aliphatic heterocycles. The topological polar surface area (TPSA) is 41.6 Å². The number of nitrogens with zero attached hydrogens (tertiary/aromatic N) is 1. The van der Waals surface area contributed by atoms with Crippen LogP contribution in [0.15, 0.2) is 18.2 Å². The molecule has 1 N–H and O–H groups in total. The van der Waals surface area contributed by atoms with Gasteiger partial charge in [0.15, 0.2) is 0 Å². The highest BCUT2D eigenvalue weighted by molar-refractivity contribution is 7.27. The first-order valence-electron chi connectivity index (χ1n) is 7.07. The Balaban J connectivity index is 2.01. The molecule has 7 heteroatoms. The molecule has 2 amide bonds. The lowest BCUT2D eigenvalue weighted by Gasteiger charge is -2.27. The summed E-state index contributed by atoms with van der Waals surface area (Å²) in [5.41, 5.74) is 0.721. The van der Waals surface area contributed by atoms with Gasteiger partial charge in [-0.3, -0.25) is 0 Å². The molecular weight excluding hydrogens is 281 g/mol. The van der Waals surface area contributed by atoms with Crippen molar-refractivity contribution in [3.63, 3.8) is 0 Å². The largest absolute Gasteiger partial charge is 0.507 e. The van der Waals surface area contributed by atoms with Crippen molar-refractivity contribution in [1.82, 2.24) is 4.90 Å². The fourth-order valence-corrected chi connectivity index (χ4v) is 2.59. The number of piperidine rings is 1. The number of anilines is 1. The van der Waals surface area contributed by atoms with Crippen LogP contribution < -0.4 is 15.4 Å². The van der Waals surface area contributed by atoms with Gasteiger partial charge in [-0.1, -0.05) is 0 Å². The van der Waals surface area contributed by atoms with Crippen molar-refractivity contribution in [3.05, 3.63) is 18.2 Å². The Hall–Kier alpha value is -1.15. The number of amides is 2. The Morgan fingerprint density at radius 1 is 1.33 bits per heavy atom.